The molecule has 194 valence electrons. The minimum atomic E-state index is -3.86. The second-order valence-corrected chi connectivity index (χ2v) is 11.7. The molecule has 0 saturated carbocycles. The van der Waals surface area contributed by atoms with Crippen molar-refractivity contribution in [3.63, 3.8) is 0 Å². The molecule has 0 fully saturated rings. The largest absolute Gasteiger partial charge is 0.497 e. The van der Waals surface area contributed by atoms with Crippen molar-refractivity contribution in [3.05, 3.63) is 42.5 Å². The number of anilines is 1. The number of carbonyl (C=O) groups excluding carboxylic acids is 1. The number of benzene rings is 2. The molecule has 1 amide bonds. The van der Waals surface area contributed by atoms with E-state index in [1.807, 2.05) is 0 Å². The third-order valence-electron chi connectivity index (χ3n) is 4.98. The summed E-state index contributed by atoms with van der Waals surface area (Å²) in [5.74, 6) is 0.541. The zero-order valence-corrected chi connectivity index (χ0v) is 22.1. The van der Waals surface area contributed by atoms with E-state index in [0.717, 1.165) is 14.9 Å². The topological polar surface area (TPSA) is 132 Å². The van der Waals surface area contributed by atoms with Crippen LogP contribution in [-0.4, -0.2) is 80.8 Å². The molecule has 1 N–H and O–H groups in total. The monoisotopic (exact) mass is 529 g/mol. The molecule has 0 heterocycles. The summed E-state index contributed by atoms with van der Waals surface area (Å²) in [6.45, 7) is 1.63. The van der Waals surface area contributed by atoms with Crippen LogP contribution in [0.4, 0.5) is 5.69 Å². The predicted octanol–water partition coefficient (Wildman–Crippen LogP) is 1.30. The van der Waals surface area contributed by atoms with E-state index >= 15 is 0 Å². The van der Waals surface area contributed by atoms with E-state index in [2.05, 4.69) is 5.32 Å². The highest BCUT2D eigenvalue weighted by molar-refractivity contribution is 7.92. The van der Waals surface area contributed by atoms with Crippen LogP contribution in [0.25, 0.3) is 0 Å². The van der Waals surface area contributed by atoms with Crippen LogP contribution in [0, 0.1) is 0 Å². The molecule has 0 saturated heterocycles. The quantitative estimate of drug-likeness (QED) is 0.407. The highest BCUT2D eigenvalue weighted by atomic mass is 32.2. The van der Waals surface area contributed by atoms with Crippen LogP contribution >= 0.6 is 0 Å². The summed E-state index contributed by atoms with van der Waals surface area (Å²) in [4.78, 5) is 12.9. The summed E-state index contributed by atoms with van der Waals surface area (Å²) in [6, 6.07) is 9.44. The van der Waals surface area contributed by atoms with Gasteiger partial charge in [-0.2, -0.15) is 0 Å². The van der Waals surface area contributed by atoms with Gasteiger partial charge in [0.15, 0.2) is 0 Å². The molecule has 0 aromatic heterocycles. The fraction of sp³-hybridized carbons (Fsp3) is 0.409. The molecule has 0 spiro atoms. The Hall–Kier alpha value is -3.03. The second-order valence-electron chi connectivity index (χ2n) is 7.67. The van der Waals surface area contributed by atoms with Crippen molar-refractivity contribution >= 4 is 31.6 Å². The third-order valence-corrected chi connectivity index (χ3v) is 8.04. The Morgan fingerprint density at radius 2 is 1.57 bits per heavy atom. The molecule has 2 rings (SSSR count). The van der Waals surface area contributed by atoms with Gasteiger partial charge in [0.25, 0.3) is 0 Å². The zero-order chi connectivity index (χ0) is 26.4. The van der Waals surface area contributed by atoms with Crippen LogP contribution in [-0.2, 0) is 24.8 Å². The lowest BCUT2D eigenvalue weighted by molar-refractivity contribution is -0.121. The van der Waals surface area contributed by atoms with Crippen LogP contribution in [0.3, 0.4) is 0 Å². The highest BCUT2D eigenvalue weighted by Gasteiger charge is 2.31. The summed E-state index contributed by atoms with van der Waals surface area (Å²) in [6.07, 6.45) is 0.999. The average molecular weight is 530 g/mol. The predicted molar refractivity (Wildman–Crippen MR) is 132 cm³/mol. The first kappa shape index (κ1) is 28.2. The molecule has 0 bridgehead atoms. The maximum atomic E-state index is 12.8. The van der Waals surface area contributed by atoms with E-state index in [4.69, 9.17) is 14.2 Å². The summed E-state index contributed by atoms with van der Waals surface area (Å²) >= 11 is 0. The molecule has 2 aromatic carbocycles. The van der Waals surface area contributed by atoms with E-state index in [1.54, 1.807) is 12.1 Å². The van der Waals surface area contributed by atoms with Crippen molar-refractivity contribution in [2.45, 2.75) is 17.9 Å². The molecule has 0 aliphatic carbocycles. The highest BCUT2D eigenvalue weighted by Crippen LogP contribution is 2.35. The first-order chi connectivity index (χ1) is 16.3. The Bertz CT molecular complexity index is 1230. The maximum Gasteiger partial charge on any atom is 0.243 e. The van der Waals surface area contributed by atoms with Gasteiger partial charge in [0, 0.05) is 20.2 Å². The van der Waals surface area contributed by atoms with Crippen LogP contribution < -0.4 is 23.8 Å². The number of amides is 1. The maximum absolute atomic E-state index is 12.8. The van der Waals surface area contributed by atoms with Crippen LogP contribution in [0.15, 0.2) is 47.4 Å². The SMILES string of the molecule is COc1ccc(OC)c(N(C(C)C(=O)NCCOc2ccc(S(=O)(=O)N(C)C)cc2)S(C)(=O)=O)c1. The minimum Gasteiger partial charge on any atom is -0.497 e. The minimum absolute atomic E-state index is 0.0829. The number of hydrogen-bond acceptors (Lipinski definition) is 8. The molecule has 1 atom stereocenters. The van der Waals surface area contributed by atoms with E-state index in [1.165, 1.54) is 65.6 Å². The van der Waals surface area contributed by atoms with E-state index in [0.29, 0.717) is 11.5 Å². The first-order valence-corrected chi connectivity index (χ1v) is 13.8. The van der Waals surface area contributed by atoms with Gasteiger partial charge in [0.1, 0.15) is 29.9 Å². The molecule has 0 aliphatic rings. The smallest absolute Gasteiger partial charge is 0.243 e. The lowest BCUT2D eigenvalue weighted by atomic mass is 10.2. The zero-order valence-electron chi connectivity index (χ0n) is 20.5. The molecular weight excluding hydrogens is 498 g/mol. The lowest BCUT2D eigenvalue weighted by Gasteiger charge is -2.29. The lowest BCUT2D eigenvalue weighted by Crippen LogP contribution is -2.48. The fourth-order valence-electron chi connectivity index (χ4n) is 3.16. The van der Waals surface area contributed by atoms with Gasteiger partial charge in [-0.1, -0.05) is 0 Å². The summed E-state index contributed by atoms with van der Waals surface area (Å²) < 4.78 is 67.5. The Kier molecular flexibility index (Phi) is 9.35. The van der Waals surface area contributed by atoms with E-state index in [-0.39, 0.29) is 29.5 Å². The van der Waals surface area contributed by atoms with Crippen molar-refractivity contribution in [3.8, 4) is 17.2 Å². The number of nitrogens with one attached hydrogen (secondary N) is 1. The number of rotatable bonds is 12. The Labute approximate surface area is 206 Å². The van der Waals surface area contributed by atoms with Gasteiger partial charge in [-0.25, -0.2) is 21.1 Å². The van der Waals surface area contributed by atoms with Crippen LogP contribution in [0.2, 0.25) is 0 Å². The molecule has 11 nitrogen and oxygen atoms in total. The normalized spacial score (nSPS) is 12.7. The van der Waals surface area contributed by atoms with Gasteiger partial charge < -0.3 is 19.5 Å². The van der Waals surface area contributed by atoms with Gasteiger partial charge in [-0.15, -0.1) is 0 Å². The fourth-order valence-corrected chi connectivity index (χ4v) is 5.23. The van der Waals surface area contributed by atoms with Crippen molar-refractivity contribution in [1.82, 2.24) is 9.62 Å². The van der Waals surface area contributed by atoms with Crippen LogP contribution in [0.1, 0.15) is 6.92 Å². The molecule has 0 radical (unpaired) electrons. The van der Waals surface area contributed by atoms with Gasteiger partial charge in [0.2, 0.25) is 26.0 Å². The number of methoxy groups -OCH3 is 2. The Morgan fingerprint density at radius 3 is 2.09 bits per heavy atom. The first-order valence-electron chi connectivity index (χ1n) is 10.5. The molecular formula is C22H31N3O8S2. The van der Waals surface area contributed by atoms with Gasteiger partial charge >= 0.3 is 0 Å². The van der Waals surface area contributed by atoms with Gasteiger partial charge in [-0.3, -0.25) is 9.10 Å². The van der Waals surface area contributed by atoms with Crippen molar-refractivity contribution in [2.24, 2.45) is 0 Å². The average Bonchev–Trinajstić information content (AvgIpc) is 2.80. The van der Waals surface area contributed by atoms with Crippen molar-refractivity contribution in [2.75, 3.05) is 52.0 Å². The number of nitrogens with zero attached hydrogens (tertiary/aromatic N) is 2. The third kappa shape index (κ3) is 6.99. The van der Waals surface area contributed by atoms with Gasteiger partial charge in [0.05, 0.1) is 37.6 Å². The molecule has 1 unspecified atom stereocenters. The van der Waals surface area contributed by atoms with Crippen LogP contribution in [0.5, 0.6) is 17.2 Å². The number of sulfonamides is 2. The van der Waals surface area contributed by atoms with Gasteiger partial charge in [-0.05, 0) is 43.3 Å². The summed E-state index contributed by atoms with van der Waals surface area (Å²) in [5.41, 5.74) is 0.168. The number of ether oxygens (including phenoxy) is 3. The number of hydrogen-bond donors (Lipinski definition) is 1. The molecule has 0 aliphatic heterocycles. The standard InChI is InChI=1S/C22H31N3O8S2/c1-16(25(34(6,27)28)20-15-18(31-4)9-12-21(20)32-5)22(26)23-13-14-33-17-7-10-19(11-8-17)35(29,30)24(2)3/h7-12,15-16H,13-14H2,1-6H3,(H,23,26). The number of carbonyl (C=O) groups is 1. The van der Waals surface area contributed by atoms with Crippen molar-refractivity contribution in [1.29, 1.82) is 0 Å². The van der Waals surface area contributed by atoms with Crippen molar-refractivity contribution < 1.29 is 35.8 Å². The second kappa shape index (κ2) is 11.6. The Morgan fingerprint density at radius 1 is 0.971 bits per heavy atom. The summed E-state index contributed by atoms with van der Waals surface area (Å²) in [5, 5.41) is 2.65. The van der Waals surface area contributed by atoms with E-state index < -0.39 is 32.0 Å². The summed E-state index contributed by atoms with van der Waals surface area (Å²) in [7, 11) is -1.67. The molecule has 13 heteroatoms. The van der Waals surface area contributed by atoms with E-state index in [9.17, 15) is 21.6 Å². The molecule has 2 aromatic rings. The molecule has 35 heavy (non-hydrogen) atoms. The Balaban J connectivity index is 2.05.